The molecule has 1 aromatic carbocycles. The Morgan fingerprint density at radius 2 is 1.90 bits per heavy atom. The molecule has 0 radical (unpaired) electrons. The molecule has 7 heteroatoms. The van der Waals surface area contributed by atoms with Crippen molar-refractivity contribution in [3.63, 3.8) is 0 Å². The molecule has 0 saturated heterocycles. The fourth-order valence-electron chi connectivity index (χ4n) is 1.90. The van der Waals surface area contributed by atoms with Crippen molar-refractivity contribution in [3.8, 4) is 0 Å². The minimum absolute atomic E-state index is 0.255. The highest BCUT2D eigenvalue weighted by atomic mass is 35.5. The Morgan fingerprint density at radius 1 is 1.24 bits per heavy atom. The first kappa shape index (κ1) is 15.9. The predicted molar refractivity (Wildman–Crippen MR) is 88.5 cm³/mol. The molecule has 2 aromatic rings. The third-order valence-corrected chi connectivity index (χ3v) is 4.28. The number of aromatic nitrogens is 2. The maximum atomic E-state index is 6.34. The van der Waals surface area contributed by atoms with E-state index in [0.717, 1.165) is 17.0 Å². The minimum Gasteiger partial charge on any atom is -0.383 e. The highest BCUT2D eigenvalue weighted by Gasteiger charge is 2.10. The number of benzene rings is 1. The SMILES string of the molecule is CCNC(C)c1ccc(Sc2nc(N)cc(N)n2)c(Cl)c1. The third-order valence-electron chi connectivity index (χ3n) is 2.91. The van der Waals surface area contributed by atoms with Crippen molar-refractivity contribution in [2.45, 2.75) is 29.9 Å². The van der Waals surface area contributed by atoms with Crippen molar-refractivity contribution < 1.29 is 0 Å². The lowest BCUT2D eigenvalue weighted by Crippen LogP contribution is -2.17. The van der Waals surface area contributed by atoms with Gasteiger partial charge in [0.15, 0.2) is 5.16 Å². The molecular weight excluding hydrogens is 306 g/mol. The maximum absolute atomic E-state index is 6.34. The Balaban J connectivity index is 2.21. The number of hydrogen-bond donors (Lipinski definition) is 3. The van der Waals surface area contributed by atoms with Gasteiger partial charge in [-0.1, -0.05) is 24.6 Å². The first-order valence-electron chi connectivity index (χ1n) is 6.60. The summed E-state index contributed by atoms with van der Waals surface area (Å²) in [6.07, 6.45) is 0. The van der Waals surface area contributed by atoms with E-state index in [-0.39, 0.29) is 6.04 Å². The largest absolute Gasteiger partial charge is 0.383 e. The summed E-state index contributed by atoms with van der Waals surface area (Å²) in [6.45, 7) is 5.08. The summed E-state index contributed by atoms with van der Waals surface area (Å²) in [5.74, 6) is 0.692. The van der Waals surface area contributed by atoms with Crippen molar-refractivity contribution in [1.29, 1.82) is 0 Å². The van der Waals surface area contributed by atoms with Crippen LogP contribution in [-0.2, 0) is 0 Å². The lowest BCUT2D eigenvalue weighted by atomic mass is 10.1. The van der Waals surface area contributed by atoms with Crippen LogP contribution >= 0.6 is 23.4 Å². The average molecular weight is 324 g/mol. The molecule has 21 heavy (non-hydrogen) atoms. The van der Waals surface area contributed by atoms with Crippen LogP contribution in [0.1, 0.15) is 25.5 Å². The molecule has 2 rings (SSSR count). The zero-order valence-corrected chi connectivity index (χ0v) is 13.5. The smallest absolute Gasteiger partial charge is 0.196 e. The fourth-order valence-corrected chi connectivity index (χ4v) is 3.00. The minimum atomic E-state index is 0.255. The highest BCUT2D eigenvalue weighted by molar-refractivity contribution is 7.99. The van der Waals surface area contributed by atoms with E-state index in [1.165, 1.54) is 17.8 Å². The van der Waals surface area contributed by atoms with E-state index in [1.807, 2.05) is 18.2 Å². The second-order valence-corrected chi connectivity index (χ2v) is 5.99. The second-order valence-electron chi connectivity index (χ2n) is 4.57. The van der Waals surface area contributed by atoms with Crippen LogP contribution in [0, 0.1) is 0 Å². The van der Waals surface area contributed by atoms with E-state index in [4.69, 9.17) is 23.1 Å². The molecule has 1 unspecified atom stereocenters. The lowest BCUT2D eigenvalue weighted by Gasteiger charge is -2.14. The topological polar surface area (TPSA) is 89.8 Å². The summed E-state index contributed by atoms with van der Waals surface area (Å²) in [6, 6.07) is 7.72. The Bertz CT molecular complexity index is 615. The highest BCUT2D eigenvalue weighted by Crippen LogP contribution is 2.33. The Labute approximate surface area is 133 Å². The number of anilines is 2. The van der Waals surface area contributed by atoms with Gasteiger partial charge in [-0.05, 0) is 42.9 Å². The van der Waals surface area contributed by atoms with Gasteiger partial charge in [0.05, 0.1) is 5.02 Å². The van der Waals surface area contributed by atoms with Gasteiger partial charge in [0.25, 0.3) is 0 Å². The molecule has 1 atom stereocenters. The van der Waals surface area contributed by atoms with Gasteiger partial charge >= 0.3 is 0 Å². The zero-order valence-electron chi connectivity index (χ0n) is 11.9. The number of nitrogens with two attached hydrogens (primary N) is 2. The number of nitrogens with one attached hydrogen (secondary N) is 1. The molecule has 0 amide bonds. The summed E-state index contributed by atoms with van der Waals surface area (Å²) in [7, 11) is 0. The van der Waals surface area contributed by atoms with Crippen molar-refractivity contribution in [1.82, 2.24) is 15.3 Å². The molecule has 5 N–H and O–H groups in total. The van der Waals surface area contributed by atoms with Gasteiger partial charge in [0, 0.05) is 17.0 Å². The van der Waals surface area contributed by atoms with Gasteiger partial charge in [-0.2, -0.15) is 0 Å². The summed E-state index contributed by atoms with van der Waals surface area (Å²) < 4.78 is 0. The molecule has 1 aromatic heterocycles. The molecule has 0 aliphatic carbocycles. The van der Waals surface area contributed by atoms with E-state index in [1.54, 1.807) is 0 Å². The first-order chi connectivity index (χ1) is 9.99. The van der Waals surface area contributed by atoms with Gasteiger partial charge in [-0.25, -0.2) is 9.97 Å². The summed E-state index contributed by atoms with van der Waals surface area (Å²) >= 11 is 7.68. The summed E-state index contributed by atoms with van der Waals surface area (Å²) in [5, 5.41) is 4.50. The number of rotatable bonds is 5. The molecule has 0 bridgehead atoms. The van der Waals surface area contributed by atoms with Crippen LogP contribution in [0.25, 0.3) is 0 Å². The van der Waals surface area contributed by atoms with Crippen molar-refractivity contribution in [3.05, 3.63) is 34.9 Å². The van der Waals surface area contributed by atoms with Crippen LogP contribution in [-0.4, -0.2) is 16.5 Å². The Kier molecular flexibility index (Phi) is 5.27. The molecule has 0 aliphatic heterocycles. The number of halogens is 1. The van der Waals surface area contributed by atoms with Crippen LogP contribution in [0.3, 0.4) is 0 Å². The monoisotopic (exact) mass is 323 g/mol. The second kappa shape index (κ2) is 6.98. The molecule has 5 nitrogen and oxygen atoms in total. The average Bonchev–Trinajstić information content (AvgIpc) is 2.40. The number of nitrogens with zero attached hydrogens (tertiary/aromatic N) is 2. The molecule has 112 valence electrons. The zero-order chi connectivity index (χ0) is 15.4. The van der Waals surface area contributed by atoms with Crippen molar-refractivity contribution in [2.24, 2.45) is 0 Å². The quantitative estimate of drug-likeness (QED) is 0.732. The first-order valence-corrected chi connectivity index (χ1v) is 7.79. The Hall–Kier alpha value is -1.50. The molecular formula is C14H18ClN5S. The standard InChI is InChI=1S/C14H18ClN5S/c1-3-18-8(2)9-4-5-11(10(15)6-9)21-14-19-12(16)7-13(17)20-14/h4-8,18H,3H2,1-2H3,(H4,16,17,19,20). The predicted octanol–water partition coefficient (Wildman–Crippen LogP) is 3.12. The molecule has 0 saturated carbocycles. The molecule has 1 heterocycles. The van der Waals surface area contributed by atoms with E-state index in [2.05, 4.69) is 29.1 Å². The van der Waals surface area contributed by atoms with Gasteiger partial charge in [0.1, 0.15) is 11.6 Å². The lowest BCUT2D eigenvalue weighted by molar-refractivity contribution is 0.598. The summed E-state index contributed by atoms with van der Waals surface area (Å²) in [5.41, 5.74) is 12.5. The van der Waals surface area contributed by atoms with Crippen LogP contribution < -0.4 is 16.8 Å². The van der Waals surface area contributed by atoms with Gasteiger partial charge in [-0.3, -0.25) is 0 Å². The number of nitrogen functional groups attached to an aromatic ring is 2. The van der Waals surface area contributed by atoms with E-state index in [0.29, 0.717) is 21.8 Å². The van der Waals surface area contributed by atoms with E-state index >= 15 is 0 Å². The van der Waals surface area contributed by atoms with E-state index < -0.39 is 0 Å². The van der Waals surface area contributed by atoms with Crippen molar-refractivity contribution in [2.75, 3.05) is 18.0 Å². The van der Waals surface area contributed by atoms with Crippen LogP contribution in [0.5, 0.6) is 0 Å². The van der Waals surface area contributed by atoms with Gasteiger partial charge < -0.3 is 16.8 Å². The molecule has 0 fully saturated rings. The normalized spacial score (nSPS) is 12.3. The maximum Gasteiger partial charge on any atom is 0.196 e. The van der Waals surface area contributed by atoms with Gasteiger partial charge in [-0.15, -0.1) is 0 Å². The fraction of sp³-hybridized carbons (Fsp3) is 0.286. The van der Waals surface area contributed by atoms with Crippen LogP contribution in [0.4, 0.5) is 11.6 Å². The van der Waals surface area contributed by atoms with Crippen LogP contribution in [0.2, 0.25) is 5.02 Å². The third kappa shape index (κ3) is 4.23. The summed E-state index contributed by atoms with van der Waals surface area (Å²) in [4.78, 5) is 9.14. The molecule has 0 aliphatic rings. The van der Waals surface area contributed by atoms with E-state index in [9.17, 15) is 0 Å². The number of hydrogen-bond acceptors (Lipinski definition) is 6. The Morgan fingerprint density at radius 3 is 2.48 bits per heavy atom. The van der Waals surface area contributed by atoms with Gasteiger partial charge in [0.2, 0.25) is 0 Å². The molecule has 0 spiro atoms. The van der Waals surface area contributed by atoms with Crippen LogP contribution in [0.15, 0.2) is 34.3 Å². The van der Waals surface area contributed by atoms with Crippen molar-refractivity contribution >= 4 is 35.0 Å².